The molecule has 0 spiro atoms. The maximum atomic E-state index is 15.1. The van der Waals surface area contributed by atoms with E-state index in [9.17, 15) is 9.59 Å². The number of carbonyl (C=O) groups excluding carboxylic acids is 2. The third-order valence-electron chi connectivity index (χ3n) is 7.18. The summed E-state index contributed by atoms with van der Waals surface area (Å²) in [4.78, 5) is 31.5. The van der Waals surface area contributed by atoms with E-state index >= 15 is 8.78 Å². The summed E-state index contributed by atoms with van der Waals surface area (Å²) in [6.45, 7) is 9.39. The number of aromatic nitrogens is 2. The number of hydrogen-bond donors (Lipinski definition) is 2. The molecular weight excluding hydrogens is 588 g/mol. The van der Waals surface area contributed by atoms with Crippen LogP contribution in [-0.4, -0.2) is 72.9 Å². The van der Waals surface area contributed by atoms with Crippen LogP contribution in [0.5, 0.6) is 11.5 Å². The number of urea groups is 1. The molecule has 0 unspecified atom stereocenters. The fraction of sp³-hybridized carbons (Fsp3) is 0.464. The van der Waals surface area contributed by atoms with Gasteiger partial charge in [-0.2, -0.15) is 0 Å². The van der Waals surface area contributed by atoms with E-state index in [4.69, 9.17) is 25.8 Å². The summed E-state index contributed by atoms with van der Waals surface area (Å²) < 4.78 is 48.6. The highest BCUT2D eigenvalue weighted by molar-refractivity contribution is 6.76. The number of nitrogens with zero attached hydrogens (tertiary/aromatic N) is 3. The van der Waals surface area contributed by atoms with Gasteiger partial charge in [0.25, 0.3) is 0 Å². The minimum Gasteiger partial charge on any atom is -0.450 e. The van der Waals surface area contributed by atoms with Crippen molar-refractivity contribution in [1.82, 2.24) is 19.8 Å². The molecule has 0 radical (unpaired) electrons. The number of ether oxygens (including phenoxy) is 3. The van der Waals surface area contributed by atoms with Crippen molar-refractivity contribution in [1.29, 1.82) is 0 Å². The van der Waals surface area contributed by atoms with Crippen molar-refractivity contribution in [3.8, 4) is 11.5 Å². The molecule has 1 saturated carbocycles. The van der Waals surface area contributed by atoms with Gasteiger partial charge in [0.15, 0.2) is 17.4 Å². The molecule has 10 nitrogen and oxygen atoms in total. The number of pyridine rings is 1. The quantitative estimate of drug-likeness (QED) is 0.226. The Hall–Kier alpha value is -3.26. The first kappa shape index (κ1) is 30.2. The molecule has 2 aliphatic rings. The average molecular weight is 622 g/mol. The van der Waals surface area contributed by atoms with E-state index < -0.39 is 37.0 Å². The predicted octanol–water partition coefficient (Wildman–Crippen LogP) is 5.59. The van der Waals surface area contributed by atoms with Gasteiger partial charge in [-0.3, -0.25) is 4.79 Å². The van der Waals surface area contributed by atoms with E-state index in [-0.39, 0.29) is 24.1 Å². The Kier molecular flexibility index (Phi) is 8.74. The van der Waals surface area contributed by atoms with Gasteiger partial charge in [0.1, 0.15) is 23.7 Å². The lowest BCUT2D eigenvalue weighted by atomic mass is 10.2. The Morgan fingerprint density at radius 3 is 2.50 bits per heavy atom. The molecular formula is C28H34ClF2N5O5Si. The summed E-state index contributed by atoms with van der Waals surface area (Å²) in [5.74, 6) is -2.81. The fourth-order valence-corrected chi connectivity index (χ4v) is 5.72. The Bertz CT molecular complexity index is 1460. The van der Waals surface area contributed by atoms with Gasteiger partial charge in [-0.25, -0.2) is 18.6 Å². The lowest BCUT2D eigenvalue weighted by Crippen LogP contribution is -2.54. The van der Waals surface area contributed by atoms with Gasteiger partial charge in [0.2, 0.25) is 5.91 Å². The second kappa shape index (κ2) is 12.2. The Morgan fingerprint density at radius 1 is 1.17 bits per heavy atom. The highest BCUT2D eigenvalue weighted by Gasteiger charge is 2.53. The highest BCUT2D eigenvalue weighted by atomic mass is 35.5. The number of carbonyl (C=O) groups is 2. The summed E-state index contributed by atoms with van der Waals surface area (Å²) in [6, 6.07) is 3.61. The van der Waals surface area contributed by atoms with E-state index in [2.05, 4.69) is 35.3 Å². The minimum absolute atomic E-state index is 0.111. The highest BCUT2D eigenvalue weighted by Crippen LogP contribution is 2.39. The monoisotopic (exact) mass is 621 g/mol. The minimum atomic E-state index is -1.25. The van der Waals surface area contributed by atoms with Gasteiger partial charge in [0.05, 0.1) is 23.6 Å². The first-order valence-electron chi connectivity index (χ1n) is 13.8. The van der Waals surface area contributed by atoms with Crippen LogP contribution in [0.25, 0.3) is 11.0 Å². The van der Waals surface area contributed by atoms with Crippen LogP contribution < -0.4 is 15.4 Å². The van der Waals surface area contributed by atoms with Gasteiger partial charge < -0.3 is 34.3 Å². The smallest absolute Gasteiger partial charge is 0.320 e. The summed E-state index contributed by atoms with van der Waals surface area (Å²) in [7, 11) is -1.25. The number of benzene rings is 1. The molecule has 3 heterocycles. The van der Waals surface area contributed by atoms with Gasteiger partial charge in [-0.15, -0.1) is 0 Å². The van der Waals surface area contributed by atoms with Crippen molar-refractivity contribution in [3.05, 3.63) is 47.2 Å². The molecule has 226 valence electrons. The third kappa shape index (κ3) is 6.85. The van der Waals surface area contributed by atoms with Crippen molar-refractivity contribution < 1.29 is 32.6 Å². The van der Waals surface area contributed by atoms with Gasteiger partial charge in [0, 0.05) is 58.0 Å². The molecule has 1 aliphatic heterocycles. The second-order valence-electron chi connectivity index (χ2n) is 11.7. The van der Waals surface area contributed by atoms with E-state index in [0.29, 0.717) is 61.8 Å². The SMILES string of the molecule is C[Si](C)(C)CCOCn1cc(Cl)c2c(Oc3c(F)cc(NC(=O)NC4(C(=O)N5CCOCC5)CC4)cc3F)ccnc21. The summed E-state index contributed by atoms with van der Waals surface area (Å²) in [5.41, 5.74) is -0.700. The normalized spacial score (nSPS) is 16.4. The van der Waals surface area contributed by atoms with Crippen LogP contribution in [0.1, 0.15) is 12.8 Å². The Labute approximate surface area is 248 Å². The zero-order valence-electron chi connectivity index (χ0n) is 23.8. The molecule has 0 atom stereocenters. The van der Waals surface area contributed by atoms with Gasteiger partial charge in [-0.1, -0.05) is 31.2 Å². The number of fused-ring (bicyclic) bond motifs is 1. The third-order valence-corrected chi connectivity index (χ3v) is 9.17. The Morgan fingerprint density at radius 2 is 1.86 bits per heavy atom. The number of morpholine rings is 1. The molecule has 1 saturated heterocycles. The molecule has 42 heavy (non-hydrogen) atoms. The molecule has 1 aliphatic carbocycles. The van der Waals surface area contributed by atoms with Crippen LogP contribution in [0, 0.1) is 11.6 Å². The molecule has 2 aromatic heterocycles. The molecule has 5 rings (SSSR count). The van der Waals surface area contributed by atoms with Crippen LogP contribution >= 0.6 is 11.6 Å². The average Bonchev–Trinajstić information content (AvgIpc) is 3.64. The summed E-state index contributed by atoms with van der Waals surface area (Å²) in [5, 5.41) is 5.76. The molecule has 2 N–H and O–H groups in total. The van der Waals surface area contributed by atoms with Crippen molar-refractivity contribution >= 4 is 48.3 Å². The maximum absolute atomic E-state index is 15.1. The summed E-state index contributed by atoms with van der Waals surface area (Å²) in [6.07, 6.45) is 4.06. The fourth-order valence-electron chi connectivity index (χ4n) is 4.67. The zero-order valence-corrected chi connectivity index (χ0v) is 25.5. The first-order valence-corrected chi connectivity index (χ1v) is 17.9. The van der Waals surface area contributed by atoms with E-state index in [1.165, 1.54) is 12.3 Å². The molecule has 3 aromatic rings. The zero-order chi connectivity index (χ0) is 30.1. The van der Waals surface area contributed by atoms with Gasteiger partial charge in [-0.05, 0) is 25.0 Å². The van der Waals surface area contributed by atoms with Crippen molar-refractivity contribution in [3.63, 3.8) is 0 Å². The van der Waals surface area contributed by atoms with Crippen LogP contribution in [0.15, 0.2) is 30.6 Å². The number of nitrogens with one attached hydrogen (secondary N) is 2. The standard InChI is InChI=1S/C28H34ClF2N5O5Si/c1-42(2,3)13-12-40-17-36-16-19(29)23-22(4-7-32-25(23)36)41-24-20(30)14-18(15-21(24)31)33-27(38)34-28(5-6-28)26(37)35-8-10-39-11-9-35/h4,7,14-16H,5-6,8-13,17H2,1-3H3,(H2,33,34,38). The Balaban J connectivity index is 1.26. The number of anilines is 1. The predicted molar refractivity (Wildman–Crippen MR) is 157 cm³/mol. The van der Waals surface area contributed by atoms with Crippen LogP contribution in [0.4, 0.5) is 19.3 Å². The lowest BCUT2D eigenvalue weighted by Gasteiger charge is -2.30. The lowest BCUT2D eigenvalue weighted by molar-refractivity contribution is -0.138. The van der Waals surface area contributed by atoms with Crippen LogP contribution in [0.3, 0.4) is 0 Å². The molecule has 3 amide bonds. The number of hydrogen-bond acceptors (Lipinski definition) is 6. The van der Waals surface area contributed by atoms with Crippen molar-refractivity contribution in [2.45, 2.75) is 50.8 Å². The molecule has 0 bridgehead atoms. The largest absolute Gasteiger partial charge is 0.450 e. The van der Waals surface area contributed by atoms with E-state index in [0.717, 1.165) is 18.2 Å². The van der Waals surface area contributed by atoms with Crippen LogP contribution in [0.2, 0.25) is 30.7 Å². The van der Waals surface area contributed by atoms with E-state index in [1.807, 2.05) is 0 Å². The van der Waals surface area contributed by atoms with E-state index in [1.54, 1.807) is 15.7 Å². The summed E-state index contributed by atoms with van der Waals surface area (Å²) >= 11 is 6.46. The molecule has 14 heteroatoms. The van der Waals surface area contributed by atoms with Gasteiger partial charge >= 0.3 is 6.03 Å². The molecule has 2 fully saturated rings. The first-order chi connectivity index (χ1) is 20.0. The van der Waals surface area contributed by atoms with Crippen molar-refractivity contribution in [2.24, 2.45) is 0 Å². The van der Waals surface area contributed by atoms with Crippen LogP contribution in [-0.2, 0) is 21.0 Å². The second-order valence-corrected chi connectivity index (χ2v) is 17.8. The topological polar surface area (TPSA) is 107 Å². The maximum Gasteiger partial charge on any atom is 0.320 e. The molecule has 1 aromatic carbocycles. The number of amides is 3. The van der Waals surface area contributed by atoms with Crippen molar-refractivity contribution in [2.75, 3.05) is 38.2 Å². The number of rotatable bonds is 10. The number of halogens is 3.